The van der Waals surface area contributed by atoms with Gasteiger partial charge < -0.3 is 14.4 Å². The van der Waals surface area contributed by atoms with E-state index in [4.69, 9.17) is 0 Å². The van der Waals surface area contributed by atoms with Crippen LogP contribution < -0.4 is 0 Å². The number of amides is 1. The lowest BCUT2D eigenvalue weighted by atomic mass is 9.97. The van der Waals surface area contributed by atoms with Gasteiger partial charge in [0, 0.05) is 38.5 Å². The van der Waals surface area contributed by atoms with Crippen LogP contribution >= 0.6 is 0 Å². The van der Waals surface area contributed by atoms with Gasteiger partial charge in [-0.3, -0.25) is 4.79 Å². The van der Waals surface area contributed by atoms with Crippen LogP contribution in [0.5, 0.6) is 0 Å². The van der Waals surface area contributed by atoms with Crippen molar-refractivity contribution in [3.8, 4) is 0 Å². The van der Waals surface area contributed by atoms with Crippen LogP contribution in [0.3, 0.4) is 0 Å². The molecule has 0 unspecified atom stereocenters. The standard InChI is InChI=1S/C20H26FN5O/c1-24-9-4-6-16(14-24)20-23-22-18-8-10-25(11-12-26(18)20)19(27)13-15-5-2-3-7-17(15)21/h2-3,5,7,16H,4,6,8-14H2,1H3/t16-/m0/s1. The molecule has 27 heavy (non-hydrogen) atoms. The highest BCUT2D eigenvalue weighted by molar-refractivity contribution is 5.78. The molecule has 6 nitrogen and oxygen atoms in total. The summed E-state index contributed by atoms with van der Waals surface area (Å²) in [6, 6.07) is 6.49. The topological polar surface area (TPSA) is 54.3 Å². The average Bonchev–Trinajstić information content (AvgIpc) is 2.95. The lowest BCUT2D eigenvalue weighted by molar-refractivity contribution is -0.130. The van der Waals surface area contributed by atoms with E-state index in [1.807, 2.05) is 4.90 Å². The second kappa shape index (κ2) is 7.76. The van der Waals surface area contributed by atoms with Crippen LogP contribution in [0.1, 0.15) is 36.0 Å². The first-order valence-electron chi connectivity index (χ1n) is 9.73. The highest BCUT2D eigenvalue weighted by Gasteiger charge is 2.28. The van der Waals surface area contributed by atoms with Gasteiger partial charge in [-0.15, -0.1) is 10.2 Å². The van der Waals surface area contributed by atoms with E-state index in [-0.39, 0.29) is 18.1 Å². The van der Waals surface area contributed by atoms with E-state index in [0.29, 0.717) is 37.5 Å². The average molecular weight is 371 g/mol. The first-order chi connectivity index (χ1) is 13.1. The van der Waals surface area contributed by atoms with Crippen LogP contribution in [0.25, 0.3) is 0 Å². The molecule has 1 aromatic carbocycles. The summed E-state index contributed by atoms with van der Waals surface area (Å²) in [5, 5.41) is 8.89. The van der Waals surface area contributed by atoms with Gasteiger partial charge in [-0.25, -0.2) is 4.39 Å². The van der Waals surface area contributed by atoms with E-state index < -0.39 is 0 Å². The fourth-order valence-electron chi connectivity index (χ4n) is 4.19. The van der Waals surface area contributed by atoms with Crippen molar-refractivity contribution in [2.24, 2.45) is 0 Å². The van der Waals surface area contributed by atoms with Gasteiger partial charge in [-0.1, -0.05) is 18.2 Å². The summed E-state index contributed by atoms with van der Waals surface area (Å²) in [5.74, 6) is 2.07. The molecule has 7 heteroatoms. The Hall–Kier alpha value is -2.28. The van der Waals surface area contributed by atoms with E-state index >= 15 is 0 Å². The molecule has 0 aliphatic carbocycles. The molecule has 1 amide bonds. The van der Waals surface area contributed by atoms with Crippen LogP contribution in [0, 0.1) is 5.82 Å². The molecule has 0 saturated carbocycles. The van der Waals surface area contributed by atoms with Crippen LogP contribution in [-0.2, 0) is 24.2 Å². The smallest absolute Gasteiger partial charge is 0.227 e. The molecule has 1 fully saturated rings. The zero-order chi connectivity index (χ0) is 18.8. The Morgan fingerprint density at radius 2 is 2.04 bits per heavy atom. The zero-order valence-electron chi connectivity index (χ0n) is 15.8. The summed E-state index contributed by atoms with van der Waals surface area (Å²) in [4.78, 5) is 16.9. The van der Waals surface area contributed by atoms with Crippen LogP contribution in [0.2, 0.25) is 0 Å². The monoisotopic (exact) mass is 371 g/mol. The second-order valence-electron chi connectivity index (χ2n) is 7.63. The lowest BCUT2D eigenvalue weighted by Crippen LogP contribution is -2.35. The lowest BCUT2D eigenvalue weighted by Gasteiger charge is -2.29. The van der Waals surface area contributed by atoms with Crippen molar-refractivity contribution >= 4 is 5.91 Å². The third kappa shape index (κ3) is 3.88. The maximum absolute atomic E-state index is 13.9. The van der Waals surface area contributed by atoms with Gasteiger partial charge in [0.25, 0.3) is 0 Å². The molecular formula is C20H26FN5O. The predicted octanol–water partition coefficient (Wildman–Crippen LogP) is 1.85. The van der Waals surface area contributed by atoms with Gasteiger partial charge in [0.05, 0.1) is 6.42 Å². The maximum Gasteiger partial charge on any atom is 0.227 e. The number of nitrogens with zero attached hydrogens (tertiary/aromatic N) is 5. The number of rotatable bonds is 3. The Balaban J connectivity index is 1.44. The molecule has 2 aliphatic heterocycles. The highest BCUT2D eigenvalue weighted by atomic mass is 19.1. The molecule has 1 saturated heterocycles. The molecule has 144 valence electrons. The number of fused-ring (bicyclic) bond motifs is 1. The molecule has 2 aromatic rings. The van der Waals surface area contributed by atoms with Crippen LogP contribution in [0.4, 0.5) is 4.39 Å². The fraction of sp³-hybridized carbons (Fsp3) is 0.550. The van der Waals surface area contributed by atoms with Crippen LogP contribution in [-0.4, -0.2) is 63.7 Å². The van der Waals surface area contributed by atoms with Crippen molar-refractivity contribution in [3.63, 3.8) is 0 Å². The predicted molar refractivity (Wildman–Crippen MR) is 99.9 cm³/mol. The summed E-state index contributed by atoms with van der Waals surface area (Å²) in [6.45, 7) is 4.08. The first kappa shape index (κ1) is 18.1. The van der Waals surface area contributed by atoms with Crippen molar-refractivity contribution in [1.29, 1.82) is 0 Å². The molecule has 3 heterocycles. The number of carbonyl (C=O) groups is 1. The molecule has 0 radical (unpaired) electrons. The number of hydrogen-bond acceptors (Lipinski definition) is 4. The van der Waals surface area contributed by atoms with E-state index in [2.05, 4.69) is 26.7 Å². The van der Waals surface area contributed by atoms with Crippen molar-refractivity contribution < 1.29 is 9.18 Å². The summed E-state index contributed by atoms with van der Waals surface area (Å²) in [5.41, 5.74) is 0.456. The van der Waals surface area contributed by atoms with Gasteiger partial charge in [0.1, 0.15) is 17.5 Å². The minimum Gasteiger partial charge on any atom is -0.340 e. The second-order valence-corrected chi connectivity index (χ2v) is 7.63. The number of benzene rings is 1. The molecule has 4 rings (SSSR count). The Kier molecular flexibility index (Phi) is 5.20. The van der Waals surface area contributed by atoms with Crippen molar-refractivity contribution in [2.75, 3.05) is 33.2 Å². The highest BCUT2D eigenvalue weighted by Crippen LogP contribution is 2.26. The summed E-state index contributed by atoms with van der Waals surface area (Å²) in [7, 11) is 2.15. The van der Waals surface area contributed by atoms with E-state index in [9.17, 15) is 9.18 Å². The first-order valence-corrected chi connectivity index (χ1v) is 9.73. The Morgan fingerprint density at radius 3 is 2.85 bits per heavy atom. The number of hydrogen-bond donors (Lipinski definition) is 0. The van der Waals surface area contributed by atoms with Crippen molar-refractivity contribution in [3.05, 3.63) is 47.3 Å². The van der Waals surface area contributed by atoms with Gasteiger partial charge in [-0.2, -0.15) is 0 Å². The number of likely N-dealkylation sites (N-methyl/N-ethyl adjacent to an activating group) is 1. The molecule has 1 aromatic heterocycles. The number of likely N-dealkylation sites (tertiary alicyclic amines) is 1. The molecule has 1 atom stereocenters. The third-order valence-corrected chi connectivity index (χ3v) is 5.70. The Morgan fingerprint density at radius 1 is 1.19 bits per heavy atom. The van der Waals surface area contributed by atoms with Crippen molar-refractivity contribution in [1.82, 2.24) is 24.6 Å². The van der Waals surface area contributed by atoms with Crippen molar-refractivity contribution in [2.45, 2.75) is 38.1 Å². The summed E-state index contributed by atoms with van der Waals surface area (Å²) in [6.07, 6.45) is 3.11. The molecule has 0 spiro atoms. The molecule has 0 bridgehead atoms. The van der Waals surface area contributed by atoms with Gasteiger partial charge in [0.2, 0.25) is 5.91 Å². The number of piperidine rings is 1. The van der Waals surface area contributed by atoms with Crippen LogP contribution in [0.15, 0.2) is 24.3 Å². The summed E-state index contributed by atoms with van der Waals surface area (Å²) >= 11 is 0. The number of halogens is 1. The minimum atomic E-state index is -0.318. The normalized spacial score (nSPS) is 21.0. The number of aromatic nitrogens is 3. The van der Waals surface area contributed by atoms with Gasteiger partial charge in [0.15, 0.2) is 0 Å². The quantitative estimate of drug-likeness (QED) is 0.826. The largest absolute Gasteiger partial charge is 0.340 e. The van der Waals surface area contributed by atoms with E-state index in [0.717, 1.165) is 31.2 Å². The van der Waals surface area contributed by atoms with Gasteiger partial charge in [-0.05, 0) is 38.1 Å². The fourth-order valence-corrected chi connectivity index (χ4v) is 4.19. The molecular weight excluding hydrogens is 345 g/mol. The molecule has 2 aliphatic rings. The SMILES string of the molecule is CN1CCC[C@H](c2nnc3n2CCN(C(=O)Cc2ccccc2F)CC3)C1. The van der Waals surface area contributed by atoms with E-state index in [1.54, 1.807) is 18.2 Å². The Bertz CT molecular complexity index is 820. The summed E-state index contributed by atoms with van der Waals surface area (Å²) < 4.78 is 16.1. The van der Waals surface area contributed by atoms with Gasteiger partial charge >= 0.3 is 0 Å². The minimum absolute atomic E-state index is 0.0299. The third-order valence-electron chi connectivity index (χ3n) is 5.70. The Labute approximate surface area is 159 Å². The number of carbonyl (C=O) groups excluding carboxylic acids is 1. The zero-order valence-corrected chi connectivity index (χ0v) is 15.8. The maximum atomic E-state index is 13.9. The van der Waals surface area contributed by atoms with E-state index in [1.165, 1.54) is 12.5 Å². The molecule has 0 N–H and O–H groups in total.